The quantitative estimate of drug-likeness (QED) is 0.816. The van der Waals surface area contributed by atoms with Crippen molar-refractivity contribution in [2.75, 3.05) is 0 Å². The fourth-order valence-corrected chi connectivity index (χ4v) is 1.61. The Bertz CT molecular complexity index is 557. The normalized spacial score (nSPS) is 10.1. The minimum atomic E-state index is -0.696. The zero-order chi connectivity index (χ0) is 13.0. The molecule has 5 heteroatoms. The molecule has 0 saturated carbocycles. The molecule has 1 aromatic heterocycles. The molecule has 0 unspecified atom stereocenters. The molecule has 2 rings (SSSR count). The summed E-state index contributed by atoms with van der Waals surface area (Å²) in [5.74, 6) is -1.38. The molecule has 3 nitrogen and oxygen atoms in total. The molecule has 2 aromatic rings. The maximum Gasteiger partial charge on any atom is 0.341 e. The lowest BCUT2D eigenvalue weighted by Gasteiger charge is -2.05. The lowest BCUT2D eigenvalue weighted by molar-refractivity contribution is 0.0467. The van der Waals surface area contributed by atoms with Crippen molar-refractivity contribution < 1.29 is 13.9 Å². The van der Waals surface area contributed by atoms with E-state index >= 15 is 0 Å². The van der Waals surface area contributed by atoms with Gasteiger partial charge < -0.3 is 4.74 Å². The first-order valence-corrected chi connectivity index (χ1v) is 5.97. The highest BCUT2D eigenvalue weighted by atomic mass is 79.9. The predicted octanol–water partition coefficient (Wildman–Crippen LogP) is 3.34. The van der Waals surface area contributed by atoms with Crippen LogP contribution in [0.4, 0.5) is 4.39 Å². The molecule has 0 bridgehead atoms. The predicted molar refractivity (Wildman–Crippen MR) is 67.5 cm³/mol. The zero-order valence-corrected chi connectivity index (χ0v) is 10.9. The SMILES string of the molecule is O=C(OCc1ccc(Br)cc1)c1ccncc1F. The molecule has 0 amide bonds. The molecule has 1 aromatic carbocycles. The summed E-state index contributed by atoms with van der Waals surface area (Å²) in [6.07, 6.45) is 2.33. The second kappa shape index (κ2) is 5.73. The number of carbonyl (C=O) groups excluding carboxylic acids is 1. The van der Waals surface area contributed by atoms with Crippen molar-refractivity contribution >= 4 is 21.9 Å². The van der Waals surface area contributed by atoms with Crippen molar-refractivity contribution in [3.63, 3.8) is 0 Å². The van der Waals surface area contributed by atoms with Crippen molar-refractivity contribution in [1.29, 1.82) is 0 Å². The van der Waals surface area contributed by atoms with Crippen LogP contribution in [0.1, 0.15) is 15.9 Å². The summed E-state index contributed by atoms with van der Waals surface area (Å²) in [6.45, 7) is 0.105. The second-order valence-electron chi connectivity index (χ2n) is 3.56. The molecule has 0 N–H and O–H groups in total. The van der Waals surface area contributed by atoms with Gasteiger partial charge in [0.2, 0.25) is 0 Å². The van der Waals surface area contributed by atoms with Gasteiger partial charge in [0, 0.05) is 10.7 Å². The van der Waals surface area contributed by atoms with Gasteiger partial charge >= 0.3 is 5.97 Å². The molecular weight excluding hydrogens is 301 g/mol. The summed E-state index contributed by atoms with van der Waals surface area (Å²) < 4.78 is 19.2. The van der Waals surface area contributed by atoms with Crippen LogP contribution >= 0.6 is 15.9 Å². The number of halogens is 2. The number of nitrogens with zero attached hydrogens (tertiary/aromatic N) is 1. The Morgan fingerprint density at radius 1 is 1.28 bits per heavy atom. The fraction of sp³-hybridized carbons (Fsp3) is 0.0769. The van der Waals surface area contributed by atoms with E-state index in [4.69, 9.17) is 4.74 Å². The average molecular weight is 310 g/mol. The molecule has 0 aliphatic heterocycles. The summed E-state index contributed by atoms with van der Waals surface area (Å²) in [5.41, 5.74) is 0.725. The highest BCUT2D eigenvalue weighted by Crippen LogP contribution is 2.12. The van der Waals surface area contributed by atoms with E-state index in [0.29, 0.717) is 0 Å². The van der Waals surface area contributed by atoms with Crippen molar-refractivity contribution in [1.82, 2.24) is 4.98 Å². The fourth-order valence-electron chi connectivity index (χ4n) is 1.35. The topological polar surface area (TPSA) is 39.2 Å². The molecule has 0 aliphatic carbocycles. The van der Waals surface area contributed by atoms with Gasteiger partial charge in [-0.3, -0.25) is 4.98 Å². The van der Waals surface area contributed by atoms with Crippen molar-refractivity contribution in [2.45, 2.75) is 6.61 Å². The molecule has 18 heavy (non-hydrogen) atoms. The van der Waals surface area contributed by atoms with E-state index in [2.05, 4.69) is 20.9 Å². The van der Waals surface area contributed by atoms with Gasteiger partial charge in [-0.05, 0) is 23.8 Å². The van der Waals surface area contributed by atoms with Crippen LogP contribution in [0.3, 0.4) is 0 Å². The third kappa shape index (κ3) is 3.13. The molecule has 0 atom stereocenters. The van der Waals surface area contributed by atoms with Gasteiger partial charge in [0.15, 0.2) is 5.82 Å². The molecule has 0 spiro atoms. The first-order valence-electron chi connectivity index (χ1n) is 5.18. The Morgan fingerprint density at radius 3 is 2.67 bits per heavy atom. The molecule has 1 heterocycles. The van der Waals surface area contributed by atoms with E-state index < -0.39 is 11.8 Å². The van der Waals surface area contributed by atoms with E-state index in [1.807, 2.05) is 24.3 Å². The molecule has 0 saturated heterocycles. The van der Waals surface area contributed by atoms with Crippen LogP contribution in [0.25, 0.3) is 0 Å². The van der Waals surface area contributed by atoms with E-state index in [-0.39, 0.29) is 12.2 Å². The Morgan fingerprint density at radius 2 is 2.00 bits per heavy atom. The van der Waals surface area contributed by atoms with Gasteiger partial charge in [-0.1, -0.05) is 28.1 Å². The molecule has 92 valence electrons. The Kier molecular flexibility index (Phi) is 4.04. The maximum atomic E-state index is 13.2. The standard InChI is InChI=1S/C13H9BrFNO2/c14-10-3-1-9(2-4-10)8-18-13(17)11-5-6-16-7-12(11)15/h1-7H,8H2. The first kappa shape index (κ1) is 12.7. The third-order valence-electron chi connectivity index (χ3n) is 2.28. The van der Waals surface area contributed by atoms with Gasteiger partial charge in [0.05, 0.1) is 11.8 Å². The second-order valence-corrected chi connectivity index (χ2v) is 4.47. The monoisotopic (exact) mass is 309 g/mol. The van der Waals surface area contributed by atoms with E-state index in [1.54, 1.807) is 0 Å². The summed E-state index contributed by atoms with van der Waals surface area (Å²) in [7, 11) is 0. The number of ether oxygens (including phenoxy) is 1. The summed E-state index contributed by atoms with van der Waals surface area (Å²) in [4.78, 5) is 15.2. The van der Waals surface area contributed by atoms with Crippen LogP contribution < -0.4 is 0 Å². The number of carbonyl (C=O) groups is 1. The lowest BCUT2D eigenvalue weighted by atomic mass is 10.2. The van der Waals surface area contributed by atoms with Gasteiger partial charge in [0.25, 0.3) is 0 Å². The summed E-state index contributed by atoms with van der Waals surface area (Å²) >= 11 is 3.31. The Hall–Kier alpha value is -1.75. The maximum absolute atomic E-state index is 13.2. The van der Waals surface area contributed by atoms with Crippen molar-refractivity contribution in [2.24, 2.45) is 0 Å². The summed E-state index contributed by atoms with van der Waals surface area (Å²) in [6, 6.07) is 8.62. The Balaban J connectivity index is 2.01. The first-order chi connectivity index (χ1) is 8.66. The number of hydrogen-bond acceptors (Lipinski definition) is 3. The number of hydrogen-bond donors (Lipinski definition) is 0. The molecular formula is C13H9BrFNO2. The van der Waals surface area contributed by atoms with Crippen LogP contribution in [-0.2, 0) is 11.3 Å². The molecule has 0 fully saturated rings. The highest BCUT2D eigenvalue weighted by molar-refractivity contribution is 9.10. The Labute approximate surface area is 112 Å². The van der Waals surface area contributed by atoms with Gasteiger partial charge in [-0.25, -0.2) is 9.18 Å². The van der Waals surface area contributed by atoms with Crippen LogP contribution in [-0.4, -0.2) is 11.0 Å². The van der Waals surface area contributed by atoms with Crippen LogP contribution in [0.5, 0.6) is 0 Å². The average Bonchev–Trinajstić information content (AvgIpc) is 2.38. The minimum Gasteiger partial charge on any atom is -0.457 e. The number of benzene rings is 1. The largest absolute Gasteiger partial charge is 0.457 e. The van der Waals surface area contributed by atoms with Crippen molar-refractivity contribution in [3.05, 3.63) is 64.1 Å². The van der Waals surface area contributed by atoms with Gasteiger partial charge in [-0.15, -0.1) is 0 Å². The van der Waals surface area contributed by atoms with Crippen LogP contribution in [0.15, 0.2) is 47.2 Å². The van der Waals surface area contributed by atoms with E-state index in [1.165, 1.54) is 12.3 Å². The smallest absolute Gasteiger partial charge is 0.341 e. The number of aromatic nitrogens is 1. The third-order valence-corrected chi connectivity index (χ3v) is 2.80. The molecule has 0 radical (unpaired) electrons. The summed E-state index contributed by atoms with van der Waals surface area (Å²) in [5, 5.41) is 0. The number of esters is 1. The minimum absolute atomic E-state index is 0.105. The van der Waals surface area contributed by atoms with Crippen LogP contribution in [0.2, 0.25) is 0 Å². The van der Waals surface area contributed by atoms with Gasteiger partial charge in [0.1, 0.15) is 6.61 Å². The van der Waals surface area contributed by atoms with E-state index in [9.17, 15) is 9.18 Å². The highest BCUT2D eigenvalue weighted by Gasteiger charge is 2.12. The van der Waals surface area contributed by atoms with Crippen molar-refractivity contribution in [3.8, 4) is 0 Å². The van der Waals surface area contributed by atoms with Crippen LogP contribution in [0, 0.1) is 5.82 Å². The molecule has 0 aliphatic rings. The number of pyridine rings is 1. The lowest BCUT2D eigenvalue weighted by Crippen LogP contribution is -2.07. The zero-order valence-electron chi connectivity index (χ0n) is 9.27. The van der Waals surface area contributed by atoms with Gasteiger partial charge in [-0.2, -0.15) is 0 Å². The number of rotatable bonds is 3. The van der Waals surface area contributed by atoms with E-state index in [0.717, 1.165) is 16.2 Å².